The summed E-state index contributed by atoms with van der Waals surface area (Å²) >= 11 is 0. The first-order valence-electron chi connectivity index (χ1n) is 10.3. The standard InChI is InChI=1S/C24H21FN6O3/c1-27-20-9-14(3-4-16(20)24(32)33)19-11-22(30-13-29-19)28-7-8-31-15(12-26)10-17-21(34-2)6-5-18(25)23(17)31/h3-6,9-11,13,27H,7-8H2,1-2H3,(H,32,33)(H,28,29,30). The first-order chi connectivity index (χ1) is 16.5. The van der Waals surface area contributed by atoms with Crippen molar-refractivity contribution in [1.82, 2.24) is 14.5 Å². The number of benzene rings is 2. The van der Waals surface area contributed by atoms with E-state index in [-0.39, 0.29) is 5.56 Å². The molecule has 172 valence electrons. The van der Waals surface area contributed by atoms with Crippen LogP contribution in [0.1, 0.15) is 16.1 Å². The van der Waals surface area contributed by atoms with Crippen LogP contribution in [0.15, 0.2) is 48.8 Å². The molecule has 2 heterocycles. The third-order valence-electron chi connectivity index (χ3n) is 5.43. The minimum Gasteiger partial charge on any atom is -0.496 e. The molecule has 0 aliphatic heterocycles. The number of nitriles is 1. The number of fused-ring (bicyclic) bond motifs is 1. The molecule has 0 radical (unpaired) electrons. The fourth-order valence-electron chi connectivity index (χ4n) is 3.82. The maximum atomic E-state index is 14.6. The molecule has 0 saturated heterocycles. The first kappa shape index (κ1) is 22.5. The molecule has 4 rings (SSSR count). The lowest BCUT2D eigenvalue weighted by atomic mass is 10.1. The van der Waals surface area contributed by atoms with Gasteiger partial charge in [-0.2, -0.15) is 5.26 Å². The number of aromatic carboxylic acids is 1. The number of nitrogens with zero attached hydrogens (tertiary/aromatic N) is 4. The van der Waals surface area contributed by atoms with Gasteiger partial charge >= 0.3 is 5.97 Å². The zero-order chi connectivity index (χ0) is 24.2. The third-order valence-corrected chi connectivity index (χ3v) is 5.43. The number of nitrogens with one attached hydrogen (secondary N) is 2. The van der Waals surface area contributed by atoms with Crippen LogP contribution in [0.4, 0.5) is 15.9 Å². The highest BCUT2D eigenvalue weighted by Crippen LogP contribution is 2.31. The Bertz CT molecular complexity index is 1430. The molecule has 0 bridgehead atoms. The molecule has 4 aromatic rings. The number of ether oxygens (including phenoxy) is 1. The summed E-state index contributed by atoms with van der Waals surface area (Å²) in [5.74, 6) is -0.433. The lowest BCUT2D eigenvalue weighted by Gasteiger charge is -2.12. The summed E-state index contributed by atoms with van der Waals surface area (Å²) in [6, 6.07) is 13.2. The van der Waals surface area contributed by atoms with Crippen molar-refractivity contribution in [3.05, 3.63) is 65.9 Å². The second kappa shape index (κ2) is 9.46. The lowest BCUT2D eigenvalue weighted by molar-refractivity contribution is 0.0698. The Hall–Kier alpha value is -4.65. The van der Waals surface area contributed by atoms with Gasteiger partial charge in [-0.1, -0.05) is 6.07 Å². The second-order valence-electron chi connectivity index (χ2n) is 7.34. The predicted molar refractivity (Wildman–Crippen MR) is 126 cm³/mol. The van der Waals surface area contributed by atoms with E-state index in [9.17, 15) is 19.6 Å². The fourth-order valence-corrected chi connectivity index (χ4v) is 3.82. The topological polar surface area (TPSA) is 125 Å². The Morgan fingerprint density at radius 3 is 2.76 bits per heavy atom. The Kier molecular flexibility index (Phi) is 6.27. The predicted octanol–water partition coefficient (Wildman–Crippen LogP) is 3.97. The number of hydrogen-bond acceptors (Lipinski definition) is 7. The minimum absolute atomic E-state index is 0.162. The molecular formula is C24H21FN6O3. The molecule has 10 heteroatoms. The van der Waals surface area contributed by atoms with E-state index in [4.69, 9.17) is 4.74 Å². The molecule has 0 atom stereocenters. The van der Waals surface area contributed by atoms with Crippen LogP contribution < -0.4 is 15.4 Å². The van der Waals surface area contributed by atoms with Gasteiger partial charge in [0.05, 0.1) is 23.9 Å². The molecule has 0 saturated carbocycles. The van der Waals surface area contributed by atoms with E-state index < -0.39 is 11.8 Å². The molecule has 0 spiro atoms. The van der Waals surface area contributed by atoms with Gasteiger partial charge in [-0.15, -0.1) is 0 Å². The number of hydrogen-bond donors (Lipinski definition) is 3. The van der Waals surface area contributed by atoms with E-state index in [0.717, 1.165) is 5.56 Å². The van der Waals surface area contributed by atoms with Gasteiger partial charge in [0.15, 0.2) is 0 Å². The summed E-state index contributed by atoms with van der Waals surface area (Å²) in [4.78, 5) is 19.9. The van der Waals surface area contributed by atoms with Gasteiger partial charge in [-0.25, -0.2) is 19.2 Å². The number of carbonyl (C=O) groups is 1. The van der Waals surface area contributed by atoms with Crippen LogP contribution >= 0.6 is 0 Å². The Balaban J connectivity index is 1.56. The summed E-state index contributed by atoms with van der Waals surface area (Å²) in [6.07, 6.45) is 1.40. The maximum absolute atomic E-state index is 14.6. The number of carboxylic acids is 1. The Morgan fingerprint density at radius 1 is 1.24 bits per heavy atom. The molecule has 0 fully saturated rings. The monoisotopic (exact) mass is 460 g/mol. The van der Waals surface area contributed by atoms with Crippen LogP contribution in [0, 0.1) is 17.1 Å². The average Bonchev–Trinajstić information content (AvgIpc) is 3.23. The van der Waals surface area contributed by atoms with E-state index in [2.05, 4.69) is 26.7 Å². The van der Waals surface area contributed by atoms with Gasteiger partial charge in [-0.3, -0.25) is 0 Å². The van der Waals surface area contributed by atoms with Crippen molar-refractivity contribution >= 4 is 28.4 Å². The summed E-state index contributed by atoms with van der Waals surface area (Å²) < 4.78 is 21.5. The SMILES string of the molecule is CNc1cc(-c2cc(NCCn3c(C#N)cc4c(OC)ccc(F)c43)ncn2)ccc1C(=O)O. The molecule has 2 aromatic carbocycles. The zero-order valence-corrected chi connectivity index (χ0v) is 18.5. The highest BCUT2D eigenvalue weighted by Gasteiger charge is 2.16. The summed E-state index contributed by atoms with van der Waals surface area (Å²) in [5, 5.41) is 25.4. The maximum Gasteiger partial charge on any atom is 0.337 e. The average molecular weight is 460 g/mol. The molecule has 34 heavy (non-hydrogen) atoms. The summed E-state index contributed by atoms with van der Waals surface area (Å²) in [5.41, 5.74) is 2.58. The van der Waals surface area contributed by atoms with Crippen LogP contribution in [0.25, 0.3) is 22.2 Å². The van der Waals surface area contributed by atoms with Crippen molar-refractivity contribution in [3.8, 4) is 23.1 Å². The van der Waals surface area contributed by atoms with E-state index in [1.807, 2.05) is 0 Å². The van der Waals surface area contributed by atoms with Gasteiger partial charge < -0.3 is 25.0 Å². The zero-order valence-electron chi connectivity index (χ0n) is 18.5. The molecule has 2 aromatic heterocycles. The summed E-state index contributed by atoms with van der Waals surface area (Å²) in [7, 11) is 3.15. The Morgan fingerprint density at radius 2 is 2.06 bits per heavy atom. The number of aromatic nitrogens is 3. The highest BCUT2D eigenvalue weighted by molar-refractivity contribution is 5.95. The van der Waals surface area contributed by atoms with Gasteiger partial charge in [0.2, 0.25) is 0 Å². The lowest BCUT2D eigenvalue weighted by Crippen LogP contribution is -2.13. The van der Waals surface area contributed by atoms with Crippen molar-refractivity contribution < 1.29 is 19.0 Å². The first-order valence-corrected chi connectivity index (χ1v) is 10.3. The van der Waals surface area contributed by atoms with E-state index in [1.165, 1.54) is 31.6 Å². The van der Waals surface area contributed by atoms with Gasteiger partial charge in [0.1, 0.15) is 35.5 Å². The van der Waals surface area contributed by atoms with Crippen molar-refractivity contribution in [2.45, 2.75) is 6.54 Å². The second-order valence-corrected chi connectivity index (χ2v) is 7.34. The van der Waals surface area contributed by atoms with E-state index >= 15 is 0 Å². The third kappa shape index (κ3) is 4.19. The van der Waals surface area contributed by atoms with Gasteiger partial charge in [0, 0.05) is 42.8 Å². The quantitative estimate of drug-likeness (QED) is 0.361. The van der Waals surface area contributed by atoms with Crippen LogP contribution in [0.5, 0.6) is 5.75 Å². The minimum atomic E-state index is -1.02. The number of methoxy groups -OCH3 is 1. The van der Waals surface area contributed by atoms with E-state index in [1.54, 1.807) is 35.9 Å². The molecule has 3 N–H and O–H groups in total. The van der Waals surface area contributed by atoms with Crippen molar-refractivity contribution in [3.63, 3.8) is 0 Å². The largest absolute Gasteiger partial charge is 0.496 e. The van der Waals surface area contributed by atoms with E-state index in [0.29, 0.717) is 52.6 Å². The number of anilines is 2. The Labute approximate surface area is 194 Å². The van der Waals surface area contributed by atoms with Gasteiger partial charge in [0.25, 0.3) is 0 Å². The number of rotatable bonds is 8. The fraction of sp³-hybridized carbons (Fsp3) is 0.167. The van der Waals surface area contributed by atoms with Crippen LogP contribution in [0.2, 0.25) is 0 Å². The highest BCUT2D eigenvalue weighted by atomic mass is 19.1. The molecule has 0 amide bonds. The number of carboxylic acid groups (broad SMARTS) is 1. The van der Waals surface area contributed by atoms with Crippen molar-refractivity contribution in [1.29, 1.82) is 5.26 Å². The molecule has 9 nitrogen and oxygen atoms in total. The molecule has 0 unspecified atom stereocenters. The molecule has 0 aliphatic rings. The van der Waals surface area contributed by atoms with Crippen molar-refractivity contribution in [2.24, 2.45) is 0 Å². The normalized spacial score (nSPS) is 10.6. The molecular weight excluding hydrogens is 439 g/mol. The van der Waals surface area contributed by atoms with Crippen LogP contribution in [-0.4, -0.2) is 46.3 Å². The smallest absolute Gasteiger partial charge is 0.337 e. The molecule has 0 aliphatic carbocycles. The van der Waals surface area contributed by atoms with Crippen LogP contribution in [-0.2, 0) is 6.54 Å². The van der Waals surface area contributed by atoms with Gasteiger partial charge in [-0.05, 0) is 30.3 Å². The van der Waals surface area contributed by atoms with Crippen molar-refractivity contribution in [2.75, 3.05) is 31.3 Å². The summed E-state index contributed by atoms with van der Waals surface area (Å²) in [6.45, 7) is 0.679. The number of halogens is 1. The van der Waals surface area contributed by atoms with Crippen LogP contribution in [0.3, 0.4) is 0 Å².